The number of anilines is 1. The second kappa shape index (κ2) is 9.59. The highest BCUT2D eigenvalue weighted by molar-refractivity contribution is 5.93. The summed E-state index contributed by atoms with van der Waals surface area (Å²) in [4.78, 5) is 25.1. The van der Waals surface area contributed by atoms with E-state index in [1.807, 2.05) is 19.2 Å². The molecule has 0 saturated carbocycles. The van der Waals surface area contributed by atoms with E-state index in [2.05, 4.69) is 20.2 Å². The lowest BCUT2D eigenvalue weighted by molar-refractivity contribution is 0.0729. The van der Waals surface area contributed by atoms with E-state index in [9.17, 15) is 9.18 Å². The molecule has 0 radical (unpaired) electrons. The zero-order valence-corrected chi connectivity index (χ0v) is 16.6. The topological polar surface area (TPSA) is 61.4 Å². The standard InChI is InChI=1S/C21H28FN5O/c1-23-21-24-12-18(13-25-21)20(28)26(2)14-17-4-3-10-27(15-17)11-9-16-5-7-19(22)8-6-16/h5-8,12-13,17H,3-4,9-11,14-15H2,1-2H3,(H,23,24,25). The third kappa shape index (κ3) is 5.48. The highest BCUT2D eigenvalue weighted by atomic mass is 19.1. The van der Waals surface area contributed by atoms with Crippen molar-refractivity contribution in [1.82, 2.24) is 19.8 Å². The average Bonchev–Trinajstić information content (AvgIpc) is 2.73. The van der Waals surface area contributed by atoms with Crippen LogP contribution in [0.25, 0.3) is 0 Å². The normalized spacial score (nSPS) is 17.3. The molecule has 1 aliphatic rings. The summed E-state index contributed by atoms with van der Waals surface area (Å²) in [6.07, 6.45) is 6.30. The van der Waals surface area contributed by atoms with Gasteiger partial charge < -0.3 is 15.1 Å². The van der Waals surface area contributed by atoms with Gasteiger partial charge in [0.05, 0.1) is 5.56 Å². The molecule has 150 valence electrons. The van der Waals surface area contributed by atoms with Gasteiger partial charge in [-0.05, 0) is 49.4 Å². The summed E-state index contributed by atoms with van der Waals surface area (Å²) in [6, 6.07) is 6.73. The predicted octanol–water partition coefficient (Wildman–Crippen LogP) is 2.68. The smallest absolute Gasteiger partial charge is 0.256 e. The quantitative estimate of drug-likeness (QED) is 0.794. The number of nitrogens with one attached hydrogen (secondary N) is 1. The number of hydrogen-bond acceptors (Lipinski definition) is 5. The summed E-state index contributed by atoms with van der Waals surface area (Å²) in [7, 11) is 3.58. The van der Waals surface area contributed by atoms with Gasteiger partial charge in [0, 0.05) is 46.1 Å². The molecule has 28 heavy (non-hydrogen) atoms. The lowest BCUT2D eigenvalue weighted by Crippen LogP contribution is -2.42. The zero-order chi connectivity index (χ0) is 19.9. The maximum Gasteiger partial charge on any atom is 0.256 e. The number of nitrogens with zero attached hydrogens (tertiary/aromatic N) is 4. The van der Waals surface area contributed by atoms with Gasteiger partial charge in [-0.15, -0.1) is 0 Å². The van der Waals surface area contributed by atoms with Gasteiger partial charge in [-0.1, -0.05) is 12.1 Å². The third-order valence-corrected chi connectivity index (χ3v) is 5.23. The number of amides is 1. The SMILES string of the molecule is CNc1ncc(C(=O)N(C)CC2CCCN(CCc3ccc(F)cc3)C2)cn1. The van der Waals surface area contributed by atoms with Crippen LogP contribution < -0.4 is 5.32 Å². The van der Waals surface area contributed by atoms with E-state index in [-0.39, 0.29) is 11.7 Å². The first-order chi connectivity index (χ1) is 13.5. The van der Waals surface area contributed by atoms with E-state index in [1.165, 1.54) is 12.1 Å². The molecule has 0 aliphatic carbocycles. The number of piperidine rings is 1. The van der Waals surface area contributed by atoms with Crippen molar-refractivity contribution in [2.45, 2.75) is 19.3 Å². The zero-order valence-electron chi connectivity index (χ0n) is 16.6. The molecule has 1 atom stereocenters. The highest BCUT2D eigenvalue weighted by Crippen LogP contribution is 2.19. The van der Waals surface area contributed by atoms with E-state index in [0.29, 0.717) is 17.4 Å². The van der Waals surface area contributed by atoms with Gasteiger partial charge in [0.2, 0.25) is 5.95 Å². The van der Waals surface area contributed by atoms with E-state index >= 15 is 0 Å². The summed E-state index contributed by atoms with van der Waals surface area (Å²) in [5.74, 6) is 0.711. The molecule has 6 nitrogen and oxygen atoms in total. The lowest BCUT2D eigenvalue weighted by Gasteiger charge is -2.34. The second-order valence-electron chi connectivity index (χ2n) is 7.42. The van der Waals surface area contributed by atoms with Crippen LogP contribution in [0.3, 0.4) is 0 Å². The summed E-state index contributed by atoms with van der Waals surface area (Å²) >= 11 is 0. The Labute approximate surface area is 165 Å². The van der Waals surface area contributed by atoms with Gasteiger partial charge in [-0.25, -0.2) is 14.4 Å². The number of carbonyl (C=O) groups excluding carboxylic acids is 1. The molecule has 1 saturated heterocycles. The van der Waals surface area contributed by atoms with Gasteiger partial charge in [0.15, 0.2) is 0 Å². The molecule has 0 spiro atoms. The van der Waals surface area contributed by atoms with Crippen LogP contribution in [0.5, 0.6) is 0 Å². The molecule has 7 heteroatoms. The van der Waals surface area contributed by atoms with E-state index in [4.69, 9.17) is 0 Å². The van der Waals surface area contributed by atoms with Crippen molar-refractivity contribution in [2.75, 3.05) is 45.6 Å². The number of halogens is 1. The van der Waals surface area contributed by atoms with E-state index < -0.39 is 0 Å². The molecular formula is C21H28FN5O. The van der Waals surface area contributed by atoms with Gasteiger partial charge in [-0.3, -0.25) is 4.79 Å². The molecule has 1 N–H and O–H groups in total. The minimum Gasteiger partial charge on any atom is -0.357 e. The van der Waals surface area contributed by atoms with E-state index in [0.717, 1.165) is 51.0 Å². The molecule has 0 bridgehead atoms. The van der Waals surface area contributed by atoms with Gasteiger partial charge in [-0.2, -0.15) is 0 Å². The van der Waals surface area contributed by atoms with Gasteiger partial charge in [0.25, 0.3) is 5.91 Å². The Bertz CT molecular complexity index is 765. The van der Waals surface area contributed by atoms with Crippen molar-refractivity contribution >= 4 is 11.9 Å². The average molecular weight is 385 g/mol. The Balaban J connectivity index is 1.49. The Morgan fingerprint density at radius 2 is 2.00 bits per heavy atom. The van der Waals surface area contributed by atoms with Crippen LogP contribution in [0.15, 0.2) is 36.7 Å². The van der Waals surface area contributed by atoms with Crippen molar-refractivity contribution in [2.24, 2.45) is 5.92 Å². The minimum absolute atomic E-state index is 0.0499. The van der Waals surface area contributed by atoms with Crippen LogP contribution in [-0.2, 0) is 6.42 Å². The van der Waals surface area contributed by atoms with Crippen LogP contribution in [0, 0.1) is 11.7 Å². The summed E-state index contributed by atoms with van der Waals surface area (Å²) in [5, 5.41) is 2.85. The van der Waals surface area contributed by atoms with Crippen LogP contribution in [0.4, 0.5) is 10.3 Å². The molecule has 3 rings (SSSR count). The first-order valence-corrected chi connectivity index (χ1v) is 9.77. The van der Waals surface area contributed by atoms with Gasteiger partial charge >= 0.3 is 0 Å². The Kier molecular flexibility index (Phi) is 6.92. The number of carbonyl (C=O) groups is 1. The van der Waals surface area contributed by atoms with Crippen LogP contribution in [0.2, 0.25) is 0 Å². The lowest BCUT2D eigenvalue weighted by atomic mass is 9.97. The Hall–Kier alpha value is -2.54. The third-order valence-electron chi connectivity index (χ3n) is 5.23. The fraction of sp³-hybridized carbons (Fsp3) is 0.476. The first-order valence-electron chi connectivity index (χ1n) is 9.77. The maximum atomic E-state index is 13.0. The molecule has 1 aliphatic heterocycles. The molecule has 2 heterocycles. The number of hydrogen-bond donors (Lipinski definition) is 1. The molecule has 1 amide bonds. The largest absolute Gasteiger partial charge is 0.357 e. The first kappa shape index (κ1) is 20.2. The van der Waals surface area contributed by atoms with Crippen molar-refractivity contribution in [3.8, 4) is 0 Å². The summed E-state index contributed by atoms with van der Waals surface area (Å²) in [6.45, 7) is 3.74. The number of rotatable bonds is 7. The fourth-order valence-corrected chi connectivity index (χ4v) is 3.70. The van der Waals surface area contributed by atoms with Crippen molar-refractivity contribution < 1.29 is 9.18 Å². The van der Waals surface area contributed by atoms with Gasteiger partial charge in [0.1, 0.15) is 5.82 Å². The highest BCUT2D eigenvalue weighted by Gasteiger charge is 2.23. The van der Waals surface area contributed by atoms with Crippen LogP contribution in [0.1, 0.15) is 28.8 Å². The minimum atomic E-state index is -0.194. The number of benzene rings is 1. The molecule has 2 aromatic rings. The molecule has 1 aromatic carbocycles. The fourth-order valence-electron chi connectivity index (χ4n) is 3.70. The Morgan fingerprint density at radius 1 is 1.29 bits per heavy atom. The van der Waals surface area contributed by atoms with Crippen LogP contribution in [-0.4, -0.2) is 65.9 Å². The summed E-state index contributed by atoms with van der Waals surface area (Å²) in [5.41, 5.74) is 1.66. The summed E-state index contributed by atoms with van der Waals surface area (Å²) < 4.78 is 13.0. The molecule has 1 fully saturated rings. The monoisotopic (exact) mass is 385 g/mol. The number of likely N-dealkylation sites (tertiary alicyclic amines) is 1. The van der Waals surface area contributed by atoms with Crippen molar-refractivity contribution in [1.29, 1.82) is 0 Å². The van der Waals surface area contributed by atoms with Crippen molar-refractivity contribution in [3.63, 3.8) is 0 Å². The maximum absolute atomic E-state index is 13.0. The van der Waals surface area contributed by atoms with E-state index in [1.54, 1.807) is 24.3 Å². The predicted molar refractivity (Wildman–Crippen MR) is 108 cm³/mol. The molecule has 1 unspecified atom stereocenters. The number of aromatic nitrogens is 2. The second-order valence-corrected chi connectivity index (χ2v) is 7.42. The molecular weight excluding hydrogens is 357 g/mol. The van der Waals surface area contributed by atoms with Crippen LogP contribution >= 0.6 is 0 Å². The Morgan fingerprint density at radius 3 is 2.68 bits per heavy atom. The molecule has 1 aromatic heterocycles. The van der Waals surface area contributed by atoms with Crippen molar-refractivity contribution in [3.05, 3.63) is 53.6 Å².